The Bertz CT molecular complexity index is 447. The van der Waals surface area contributed by atoms with Crippen LogP contribution < -0.4 is 5.73 Å². The van der Waals surface area contributed by atoms with E-state index in [4.69, 9.17) is 10.2 Å². The van der Waals surface area contributed by atoms with E-state index in [1.54, 1.807) is 13.0 Å². The van der Waals surface area contributed by atoms with Gasteiger partial charge in [-0.15, -0.1) is 0 Å². The molecule has 0 unspecified atom stereocenters. The molecule has 0 radical (unpaired) electrons. The van der Waals surface area contributed by atoms with Crippen molar-refractivity contribution in [3.8, 4) is 0 Å². The van der Waals surface area contributed by atoms with Crippen LogP contribution in [-0.4, -0.2) is 0 Å². The molecule has 0 saturated carbocycles. The summed E-state index contributed by atoms with van der Waals surface area (Å²) in [6.45, 7) is 2.08. The number of aryl methyl sites for hydroxylation is 1. The van der Waals surface area contributed by atoms with E-state index >= 15 is 0 Å². The average Bonchev–Trinajstić information content (AvgIpc) is 2.55. The van der Waals surface area contributed by atoms with Crippen LogP contribution in [0.3, 0.4) is 0 Å². The van der Waals surface area contributed by atoms with E-state index in [-0.39, 0.29) is 5.82 Å². The van der Waals surface area contributed by atoms with Gasteiger partial charge in [-0.25, -0.2) is 4.39 Å². The quantitative estimate of drug-likeness (QED) is 0.729. The molecule has 0 fully saturated rings. The maximum absolute atomic E-state index is 13.4. The third-order valence-electron chi connectivity index (χ3n) is 2.18. The second-order valence-corrected chi connectivity index (χ2v) is 3.04. The Kier molecular flexibility index (Phi) is 1.81. The normalized spacial score (nSPS) is 11.0. The van der Waals surface area contributed by atoms with Crippen molar-refractivity contribution in [1.82, 2.24) is 0 Å². The lowest BCUT2D eigenvalue weighted by molar-refractivity contribution is 0.554. The molecule has 0 spiro atoms. The van der Waals surface area contributed by atoms with Gasteiger partial charge in [0.15, 0.2) is 11.4 Å². The minimum atomic E-state index is -0.294. The maximum Gasteiger partial charge on any atom is 0.170 e. The van der Waals surface area contributed by atoms with E-state index in [0.717, 1.165) is 10.9 Å². The van der Waals surface area contributed by atoms with E-state index in [0.29, 0.717) is 17.7 Å². The first kappa shape index (κ1) is 8.26. The average molecular weight is 179 g/mol. The Balaban J connectivity index is 2.81. The van der Waals surface area contributed by atoms with Crippen molar-refractivity contribution in [3.05, 3.63) is 35.3 Å². The molecule has 13 heavy (non-hydrogen) atoms. The van der Waals surface area contributed by atoms with Crippen LogP contribution in [0, 0.1) is 12.7 Å². The van der Waals surface area contributed by atoms with Gasteiger partial charge in [0.1, 0.15) is 0 Å². The Labute approximate surface area is 75.1 Å². The van der Waals surface area contributed by atoms with Gasteiger partial charge in [0.25, 0.3) is 0 Å². The predicted molar refractivity (Wildman–Crippen MR) is 48.8 cm³/mol. The topological polar surface area (TPSA) is 39.2 Å². The lowest BCUT2D eigenvalue weighted by Crippen LogP contribution is -1.94. The molecule has 0 amide bonds. The molecule has 0 aliphatic carbocycles. The highest BCUT2D eigenvalue weighted by Crippen LogP contribution is 2.25. The van der Waals surface area contributed by atoms with Crippen molar-refractivity contribution < 1.29 is 8.81 Å². The molecular weight excluding hydrogens is 169 g/mol. The van der Waals surface area contributed by atoms with Gasteiger partial charge in [0, 0.05) is 17.5 Å². The molecule has 0 bridgehead atoms. The number of furan rings is 1. The van der Waals surface area contributed by atoms with Gasteiger partial charge < -0.3 is 10.2 Å². The van der Waals surface area contributed by atoms with Crippen molar-refractivity contribution in [3.63, 3.8) is 0 Å². The molecule has 2 aromatic rings. The summed E-state index contributed by atoms with van der Waals surface area (Å²) in [6.07, 6.45) is 1.51. The molecular formula is C10H10FNO. The van der Waals surface area contributed by atoms with Gasteiger partial charge in [-0.05, 0) is 12.5 Å². The highest BCUT2D eigenvalue weighted by atomic mass is 19.1. The second-order valence-electron chi connectivity index (χ2n) is 3.04. The van der Waals surface area contributed by atoms with Crippen LogP contribution in [-0.2, 0) is 6.54 Å². The third kappa shape index (κ3) is 1.12. The largest absolute Gasteiger partial charge is 0.461 e. The Hall–Kier alpha value is -1.35. The number of rotatable bonds is 1. The van der Waals surface area contributed by atoms with E-state index in [1.807, 2.05) is 6.07 Å². The zero-order valence-corrected chi connectivity index (χ0v) is 7.30. The SMILES string of the molecule is Cc1ccc2c(CN)coc2c1F. The molecule has 1 aromatic carbocycles. The van der Waals surface area contributed by atoms with Gasteiger partial charge in [-0.2, -0.15) is 0 Å². The maximum atomic E-state index is 13.4. The first-order valence-electron chi connectivity index (χ1n) is 4.09. The van der Waals surface area contributed by atoms with E-state index in [9.17, 15) is 4.39 Å². The molecule has 2 nitrogen and oxygen atoms in total. The monoisotopic (exact) mass is 179 g/mol. The highest BCUT2D eigenvalue weighted by molar-refractivity contribution is 5.82. The summed E-state index contributed by atoms with van der Waals surface area (Å²) in [5.74, 6) is -0.294. The van der Waals surface area contributed by atoms with E-state index in [2.05, 4.69) is 0 Å². The first-order chi connectivity index (χ1) is 6.24. The minimum Gasteiger partial charge on any atom is -0.461 e. The van der Waals surface area contributed by atoms with E-state index in [1.165, 1.54) is 6.26 Å². The van der Waals surface area contributed by atoms with Crippen LogP contribution in [0.25, 0.3) is 11.0 Å². The first-order valence-corrected chi connectivity index (χ1v) is 4.09. The zero-order chi connectivity index (χ0) is 9.42. The summed E-state index contributed by atoms with van der Waals surface area (Å²) in [7, 11) is 0. The van der Waals surface area contributed by atoms with Crippen LogP contribution >= 0.6 is 0 Å². The molecule has 0 saturated heterocycles. The molecule has 68 valence electrons. The van der Waals surface area contributed by atoms with Gasteiger partial charge in [0.2, 0.25) is 0 Å². The second kappa shape index (κ2) is 2.85. The van der Waals surface area contributed by atoms with Crippen LogP contribution in [0.4, 0.5) is 4.39 Å². The van der Waals surface area contributed by atoms with Crippen LogP contribution in [0.1, 0.15) is 11.1 Å². The van der Waals surface area contributed by atoms with Crippen LogP contribution in [0.5, 0.6) is 0 Å². The molecule has 1 heterocycles. The molecule has 0 atom stereocenters. The number of benzene rings is 1. The Morgan fingerprint density at radius 2 is 2.23 bits per heavy atom. The van der Waals surface area contributed by atoms with Crippen molar-refractivity contribution in [2.45, 2.75) is 13.5 Å². The van der Waals surface area contributed by atoms with Crippen molar-refractivity contribution in [2.75, 3.05) is 0 Å². The Morgan fingerprint density at radius 3 is 2.92 bits per heavy atom. The fraction of sp³-hybridized carbons (Fsp3) is 0.200. The number of fused-ring (bicyclic) bond motifs is 1. The summed E-state index contributed by atoms with van der Waals surface area (Å²) in [6, 6.07) is 3.56. The number of hydrogen-bond acceptors (Lipinski definition) is 2. The molecule has 0 aliphatic rings. The molecule has 2 rings (SSSR count). The fourth-order valence-corrected chi connectivity index (χ4v) is 1.37. The standard InChI is InChI=1S/C10H10FNO/c1-6-2-3-8-7(4-12)5-13-10(8)9(6)11/h2-3,5H,4,12H2,1H3. The van der Waals surface area contributed by atoms with E-state index < -0.39 is 0 Å². The number of hydrogen-bond donors (Lipinski definition) is 1. The van der Waals surface area contributed by atoms with Gasteiger partial charge in [-0.3, -0.25) is 0 Å². The zero-order valence-electron chi connectivity index (χ0n) is 7.30. The summed E-state index contributed by atoms with van der Waals surface area (Å²) < 4.78 is 18.5. The van der Waals surface area contributed by atoms with Gasteiger partial charge in [0.05, 0.1) is 6.26 Å². The summed E-state index contributed by atoms with van der Waals surface area (Å²) in [5, 5.41) is 0.769. The fourth-order valence-electron chi connectivity index (χ4n) is 1.37. The minimum absolute atomic E-state index is 0.294. The molecule has 2 N–H and O–H groups in total. The van der Waals surface area contributed by atoms with Gasteiger partial charge in [-0.1, -0.05) is 12.1 Å². The molecule has 3 heteroatoms. The Morgan fingerprint density at radius 1 is 1.46 bits per heavy atom. The summed E-state index contributed by atoms with van der Waals surface area (Å²) in [5.41, 5.74) is 7.20. The number of nitrogens with two attached hydrogens (primary N) is 1. The lowest BCUT2D eigenvalue weighted by Gasteiger charge is -1.96. The number of halogens is 1. The van der Waals surface area contributed by atoms with Gasteiger partial charge >= 0.3 is 0 Å². The van der Waals surface area contributed by atoms with Crippen molar-refractivity contribution in [1.29, 1.82) is 0 Å². The van der Waals surface area contributed by atoms with Crippen molar-refractivity contribution >= 4 is 11.0 Å². The van der Waals surface area contributed by atoms with Crippen LogP contribution in [0.2, 0.25) is 0 Å². The molecule has 1 aromatic heterocycles. The smallest absolute Gasteiger partial charge is 0.170 e. The summed E-state index contributed by atoms with van der Waals surface area (Å²) >= 11 is 0. The highest BCUT2D eigenvalue weighted by Gasteiger charge is 2.10. The predicted octanol–water partition coefficient (Wildman–Crippen LogP) is 2.34. The lowest BCUT2D eigenvalue weighted by atomic mass is 10.1. The summed E-state index contributed by atoms with van der Waals surface area (Å²) in [4.78, 5) is 0. The molecule has 0 aliphatic heterocycles. The third-order valence-corrected chi connectivity index (χ3v) is 2.18. The van der Waals surface area contributed by atoms with Crippen molar-refractivity contribution in [2.24, 2.45) is 5.73 Å². The van der Waals surface area contributed by atoms with Crippen LogP contribution in [0.15, 0.2) is 22.8 Å².